The number of nitrogens with zero attached hydrogens (tertiary/aromatic N) is 6. The summed E-state index contributed by atoms with van der Waals surface area (Å²) in [5, 5.41) is 10.7. The van der Waals surface area contributed by atoms with E-state index in [4.69, 9.17) is 15.7 Å². The second-order valence-electron chi connectivity index (χ2n) is 10.6. The van der Waals surface area contributed by atoms with Gasteiger partial charge in [-0.15, -0.1) is 0 Å². The van der Waals surface area contributed by atoms with Gasteiger partial charge in [-0.05, 0) is 55.7 Å². The average Bonchev–Trinajstić information content (AvgIpc) is 3.37. The Labute approximate surface area is 201 Å². The molecule has 0 saturated carbocycles. The van der Waals surface area contributed by atoms with Crippen molar-refractivity contribution in [3.8, 4) is 6.07 Å². The first-order chi connectivity index (χ1) is 16.3. The molecule has 2 fully saturated rings. The number of aromatic nitrogens is 2. The van der Waals surface area contributed by atoms with Crippen molar-refractivity contribution < 1.29 is 0 Å². The number of pyridine rings is 2. The zero-order chi connectivity index (χ0) is 23.6. The van der Waals surface area contributed by atoms with Crippen molar-refractivity contribution >= 4 is 35.8 Å². The molecule has 0 aliphatic carbocycles. The van der Waals surface area contributed by atoms with Crippen LogP contribution in [0.3, 0.4) is 0 Å². The normalized spacial score (nSPS) is 26.5. The van der Waals surface area contributed by atoms with Crippen molar-refractivity contribution in [1.82, 2.24) is 14.9 Å². The highest BCUT2D eigenvalue weighted by Crippen LogP contribution is 2.41. The number of hydrogen-bond acceptors (Lipinski definition) is 7. The third-order valence-electron chi connectivity index (χ3n) is 7.79. The molecule has 3 aliphatic heterocycles. The van der Waals surface area contributed by atoms with Crippen LogP contribution in [0, 0.1) is 11.3 Å². The maximum absolute atomic E-state index is 9.60. The Kier molecular flexibility index (Phi) is 4.84. The van der Waals surface area contributed by atoms with Crippen molar-refractivity contribution in [3.63, 3.8) is 0 Å². The van der Waals surface area contributed by atoms with Crippen molar-refractivity contribution in [2.24, 2.45) is 5.73 Å². The van der Waals surface area contributed by atoms with Gasteiger partial charge in [0.05, 0.1) is 22.8 Å². The highest BCUT2D eigenvalue weighted by atomic mass is 15.3. The van der Waals surface area contributed by atoms with Gasteiger partial charge in [0.25, 0.3) is 0 Å². The van der Waals surface area contributed by atoms with Crippen LogP contribution in [0.15, 0.2) is 36.4 Å². The molecule has 172 valence electrons. The zero-order valence-corrected chi connectivity index (χ0v) is 20.1. The number of rotatable bonds is 2. The average molecular weight is 451 g/mol. The highest BCUT2D eigenvalue weighted by Gasteiger charge is 2.40. The molecule has 2 saturated heterocycles. The Morgan fingerprint density at radius 2 is 1.97 bits per heavy atom. The molecule has 0 amide bonds. The molecule has 0 unspecified atom stereocenters. The molecule has 0 radical (unpaired) electrons. The van der Waals surface area contributed by atoms with Gasteiger partial charge in [0, 0.05) is 55.4 Å². The summed E-state index contributed by atoms with van der Waals surface area (Å²) in [6.45, 7) is 8.99. The SMILES string of the molecule is Bc1ccc2c(N3C[C@@H](C)N4Cc5nc(N6CC[C@](C)(N)C6)ccc5[C@H]4C3)ccc(C#N)c2n1. The van der Waals surface area contributed by atoms with Gasteiger partial charge in [0.1, 0.15) is 11.9 Å². The molecule has 5 heterocycles. The highest BCUT2D eigenvalue weighted by molar-refractivity contribution is 6.31. The van der Waals surface area contributed by atoms with Gasteiger partial charge in [-0.25, -0.2) is 4.98 Å². The summed E-state index contributed by atoms with van der Waals surface area (Å²) in [5.41, 5.74) is 12.3. The van der Waals surface area contributed by atoms with Crippen LogP contribution in [-0.2, 0) is 6.54 Å². The smallest absolute Gasteiger partial charge is 0.163 e. The molecular weight excluding hydrogens is 421 g/mol. The van der Waals surface area contributed by atoms with Crippen LogP contribution in [0.25, 0.3) is 10.9 Å². The first-order valence-corrected chi connectivity index (χ1v) is 12.2. The van der Waals surface area contributed by atoms with Gasteiger partial charge in [0.15, 0.2) is 7.85 Å². The van der Waals surface area contributed by atoms with Gasteiger partial charge in [0.2, 0.25) is 0 Å². The van der Waals surface area contributed by atoms with E-state index in [1.165, 1.54) is 11.3 Å². The predicted octanol–water partition coefficient (Wildman–Crippen LogP) is 1.45. The molecule has 8 heteroatoms. The number of anilines is 2. The Bertz CT molecular complexity index is 1330. The number of nitriles is 1. The van der Waals surface area contributed by atoms with E-state index in [0.717, 1.165) is 67.1 Å². The van der Waals surface area contributed by atoms with E-state index in [-0.39, 0.29) is 5.54 Å². The summed E-state index contributed by atoms with van der Waals surface area (Å²) >= 11 is 0. The summed E-state index contributed by atoms with van der Waals surface area (Å²) in [7, 11) is 1.97. The van der Waals surface area contributed by atoms with Crippen LogP contribution in [0.4, 0.5) is 11.5 Å². The lowest BCUT2D eigenvalue weighted by molar-refractivity contribution is 0.133. The van der Waals surface area contributed by atoms with Crippen LogP contribution >= 0.6 is 0 Å². The van der Waals surface area contributed by atoms with E-state index in [1.54, 1.807) is 0 Å². The molecule has 6 rings (SSSR count). The van der Waals surface area contributed by atoms with E-state index in [1.807, 2.05) is 20.0 Å². The molecule has 3 aromatic rings. The molecule has 0 bridgehead atoms. The molecule has 7 nitrogen and oxygen atoms in total. The zero-order valence-electron chi connectivity index (χ0n) is 20.1. The van der Waals surface area contributed by atoms with E-state index in [9.17, 15) is 5.26 Å². The molecule has 2 aromatic heterocycles. The molecule has 1 aromatic carbocycles. The fraction of sp³-hybridized carbons (Fsp3) is 0.423. The second kappa shape index (κ2) is 7.69. The third-order valence-corrected chi connectivity index (χ3v) is 7.79. The van der Waals surface area contributed by atoms with Gasteiger partial charge >= 0.3 is 0 Å². The van der Waals surface area contributed by atoms with Crippen LogP contribution in [0.1, 0.15) is 43.1 Å². The number of fused-ring (bicyclic) bond motifs is 4. The number of benzene rings is 1. The van der Waals surface area contributed by atoms with E-state index >= 15 is 0 Å². The maximum atomic E-state index is 9.60. The topological polar surface area (TPSA) is 85.3 Å². The first kappa shape index (κ1) is 21.4. The lowest BCUT2D eigenvalue weighted by atomic mass is 9.98. The van der Waals surface area contributed by atoms with Crippen molar-refractivity contribution in [3.05, 3.63) is 53.2 Å². The quantitative estimate of drug-likeness (QED) is 0.591. The largest absolute Gasteiger partial charge is 0.368 e. The first-order valence-electron chi connectivity index (χ1n) is 12.2. The Morgan fingerprint density at radius 3 is 2.74 bits per heavy atom. The van der Waals surface area contributed by atoms with Crippen LogP contribution in [-0.4, -0.2) is 60.5 Å². The van der Waals surface area contributed by atoms with E-state index < -0.39 is 0 Å². The monoisotopic (exact) mass is 451 g/mol. The second-order valence-corrected chi connectivity index (χ2v) is 10.6. The molecule has 3 atom stereocenters. The fourth-order valence-corrected chi connectivity index (χ4v) is 5.98. The Morgan fingerprint density at radius 1 is 1.12 bits per heavy atom. The van der Waals surface area contributed by atoms with Crippen LogP contribution in [0.2, 0.25) is 0 Å². The van der Waals surface area contributed by atoms with Crippen molar-refractivity contribution in [2.75, 3.05) is 36.0 Å². The molecule has 0 spiro atoms. The minimum atomic E-state index is -0.134. The van der Waals surface area contributed by atoms with Crippen molar-refractivity contribution in [2.45, 2.75) is 44.4 Å². The summed E-state index contributed by atoms with van der Waals surface area (Å²) < 4.78 is 0. The molecule has 2 N–H and O–H groups in total. The molecule has 34 heavy (non-hydrogen) atoms. The lowest BCUT2D eigenvalue weighted by Gasteiger charge is -2.43. The summed E-state index contributed by atoms with van der Waals surface area (Å²) in [6, 6.07) is 15.6. The van der Waals surface area contributed by atoms with Crippen LogP contribution in [0.5, 0.6) is 0 Å². The molecule has 3 aliphatic rings. The number of nitrogens with two attached hydrogens (primary N) is 1. The molecular formula is C26H30BN7. The van der Waals surface area contributed by atoms with Crippen molar-refractivity contribution in [1.29, 1.82) is 5.26 Å². The van der Waals surface area contributed by atoms with E-state index in [2.05, 4.69) is 58.9 Å². The number of hydrogen-bond donors (Lipinski definition) is 1. The number of piperazine rings is 1. The fourth-order valence-electron chi connectivity index (χ4n) is 5.98. The summed E-state index contributed by atoms with van der Waals surface area (Å²) in [4.78, 5) is 17.2. The Balaban J connectivity index is 1.33. The Hall–Kier alpha value is -3.15. The minimum Gasteiger partial charge on any atom is -0.368 e. The van der Waals surface area contributed by atoms with E-state index in [0.29, 0.717) is 17.6 Å². The summed E-state index contributed by atoms with van der Waals surface area (Å²) in [5.74, 6) is 1.05. The lowest BCUT2D eigenvalue weighted by Crippen LogP contribution is -2.51. The maximum Gasteiger partial charge on any atom is 0.163 e. The standard InChI is InChI=1S/C26H30BN7/c1-16-12-33(21-6-3-17(11-28)25-19(21)4-7-23(27)31-25)14-22-18-5-8-24(30-20(18)13-34(16)22)32-10-9-26(2,29)15-32/h3-8,16,22H,9-10,12-15,27,29H2,1-2H3/t16-,22-,26+/m1/s1. The third kappa shape index (κ3) is 3.42. The van der Waals surface area contributed by atoms with Gasteiger partial charge < -0.3 is 15.5 Å². The minimum absolute atomic E-state index is 0.134. The van der Waals surface area contributed by atoms with Gasteiger partial charge in [-0.3, -0.25) is 9.88 Å². The van der Waals surface area contributed by atoms with Crippen LogP contribution < -0.4 is 21.1 Å². The summed E-state index contributed by atoms with van der Waals surface area (Å²) in [6.07, 6.45) is 0.999. The predicted molar refractivity (Wildman–Crippen MR) is 138 cm³/mol. The van der Waals surface area contributed by atoms with Gasteiger partial charge in [-0.1, -0.05) is 12.1 Å². The van der Waals surface area contributed by atoms with Gasteiger partial charge in [-0.2, -0.15) is 5.26 Å².